The van der Waals surface area contributed by atoms with Crippen molar-refractivity contribution in [1.29, 1.82) is 0 Å². The lowest BCUT2D eigenvalue weighted by Gasteiger charge is -2.26. The number of halogens is 2. The highest BCUT2D eigenvalue weighted by Gasteiger charge is 2.28. The fourth-order valence-electron chi connectivity index (χ4n) is 3.05. The van der Waals surface area contributed by atoms with E-state index in [9.17, 15) is 17.6 Å². The highest BCUT2D eigenvalue weighted by Crippen LogP contribution is 2.25. The van der Waals surface area contributed by atoms with E-state index < -0.39 is 21.7 Å². The average Bonchev–Trinajstić information content (AvgIpc) is 2.65. The van der Waals surface area contributed by atoms with Gasteiger partial charge in [0.15, 0.2) is 0 Å². The van der Waals surface area contributed by atoms with Gasteiger partial charge in [0.25, 0.3) is 5.91 Å². The minimum absolute atomic E-state index is 0.0228. The fourth-order valence-corrected chi connectivity index (χ4v) is 4.98. The van der Waals surface area contributed by atoms with Gasteiger partial charge in [-0.15, -0.1) is 0 Å². The molecular weight excluding hydrogens is 391 g/mol. The summed E-state index contributed by atoms with van der Waals surface area (Å²) in [5.41, 5.74) is 0.686. The van der Waals surface area contributed by atoms with E-state index in [4.69, 9.17) is 11.6 Å². The molecule has 144 valence electrons. The Kier molecular flexibility index (Phi) is 5.83. The summed E-state index contributed by atoms with van der Waals surface area (Å²) in [7, 11) is -3.67. The van der Waals surface area contributed by atoms with E-state index in [0.29, 0.717) is 18.7 Å². The van der Waals surface area contributed by atoms with Crippen molar-refractivity contribution in [3.8, 4) is 0 Å². The number of amides is 1. The van der Waals surface area contributed by atoms with Crippen LogP contribution in [0.1, 0.15) is 35.2 Å². The van der Waals surface area contributed by atoms with Gasteiger partial charge in [-0.2, -0.15) is 4.31 Å². The second-order valence-corrected chi connectivity index (χ2v) is 8.87. The molecule has 8 heteroatoms. The Morgan fingerprint density at radius 3 is 2.48 bits per heavy atom. The molecule has 27 heavy (non-hydrogen) atoms. The van der Waals surface area contributed by atoms with Crippen molar-refractivity contribution < 1.29 is 17.6 Å². The lowest BCUT2D eigenvalue weighted by atomic mass is 10.1. The van der Waals surface area contributed by atoms with Crippen LogP contribution in [0.25, 0.3) is 0 Å². The maximum atomic E-state index is 13.9. The Labute approximate surface area is 163 Å². The summed E-state index contributed by atoms with van der Waals surface area (Å²) >= 11 is 5.71. The van der Waals surface area contributed by atoms with E-state index in [2.05, 4.69) is 5.32 Å². The molecule has 1 aliphatic rings. The van der Waals surface area contributed by atoms with Gasteiger partial charge in [0.1, 0.15) is 5.82 Å². The minimum atomic E-state index is -3.67. The molecule has 0 spiro atoms. The Morgan fingerprint density at radius 1 is 1.11 bits per heavy atom. The quantitative estimate of drug-likeness (QED) is 0.820. The molecule has 1 heterocycles. The third-order valence-electron chi connectivity index (χ3n) is 4.56. The molecule has 0 saturated carbocycles. The number of carbonyl (C=O) groups is 1. The van der Waals surface area contributed by atoms with Crippen LogP contribution < -0.4 is 5.32 Å². The van der Waals surface area contributed by atoms with E-state index in [1.54, 1.807) is 13.0 Å². The molecule has 0 atom stereocenters. The summed E-state index contributed by atoms with van der Waals surface area (Å²) in [6, 6.07) is 8.37. The number of piperidine rings is 1. The van der Waals surface area contributed by atoms with Gasteiger partial charge in [-0.3, -0.25) is 4.79 Å². The number of aryl methyl sites for hydroxylation is 1. The summed E-state index contributed by atoms with van der Waals surface area (Å²) in [4.78, 5) is 12.6. The van der Waals surface area contributed by atoms with Gasteiger partial charge >= 0.3 is 0 Å². The number of anilines is 1. The van der Waals surface area contributed by atoms with Gasteiger partial charge in [-0.25, -0.2) is 12.8 Å². The van der Waals surface area contributed by atoms with Crippen molar-refractivity contribution in [3.63, 3.8) is 0 Å². The van der Waals surface area contributed by atoms with Crippen LogP contribution in [0.5, 0.6) is 0 Å². The van der Waals surface area contributed by atoms with Crippen molar-refractivity contribution in [2.24, 2.45) is 0 Å². The number of hydrogen-bond donors (Lipinski definition) is 1. The molecular formula is C19H20ClFN2O3S. The first-order chi connectivity index (χ1) is 12.8. The van der Waals surface area contributed by atoms with Gasteiger partial charge in [-0.1, -0.05) is 24.1 Å². The van der Waals surface area contributed by atoms with Crippen LogP contribution in [0.3, 0.4) is 0 Å². The van der Waals surface area contributed by atoms with Crippen LogP contribution >= 0.6 is 11.6 Å². The molecule has 0 unspecified atom stereocenters. The SMILES string of the molecule is Cc1ccc(C(=O)Nc2ccc(Cl)cc2F)cc1S(=O)(=O)N1CCCCC1. The van der Waals surface area contributed by atoms with Crippen LogP contribution in [-0.2, 0) is 10.0 Å². The standard InChI is InChI=1S/C19H20ClFN2O3S/c1-13-5-6-14(19(24)22-17-8-7-15(20)12-16(17)21)11-18(13)27(25,26)23-9-3-2-4-10-23/h5-8,11-12H,2-4,9-10H2,1H3,(H,22,24). The van der Waals surface area contributed by atoms with E-state index >= 15 is 0 Å². The van der Waals surface area contributed by atoms with E-state index in [1.165, 1.54) is 28.6 Å². The first kappa shape index (κ1) is 19.8. The highest BCUT2D eigenvalue weighted by atomic mass is 35.5. The fraction of sp³-hybridized carbons (Fsp3) is 0.316. The smallest absolute Gasteiger partial charge is 0.255 e. The maximum Gasteiger partial charge on any atom is 0.255 e. The number of nitrogens with one attached hydrogen (secondary N) is 1. The van der Waals surface area contributed by atoms with Gasteiger partial charge in [0, 0.05) is 23.7 Å². The second kappa shape index (κ2) is 7.96. The number of rotatable bonds is 4. The molecule has 0 radical (unpaired) electrons. The summed E-state index contributed by atoms with van der Waals surface area (Å²) < 4.78 is 41.3. The van der Waals surface area contributed by atoms with Gasteiger partial charge in [0.05, 0.1) is 10.6 Å². The van der Waals surface area contributed by atoms with Crippen LogP contribution in [0.15, 0.2) is 41.3 Å². The number of sulfonamides is 1. The molecule has 5 nitrogen and oxygen atoms in total. The van der Waals surface area contributed by atoms with Crippen LogP contribution in [-0.4, -0.2) is 31.7 Å². The average molecular weight is 411 g/mol. The number of carbonyl (C=O) groups excluding carboxylic acids is 1. The van der Waals surface area contributed by atoms with Gasteiger partial charge < -0.3 is 5.32 Å². The molecule has 3 rings (SSSR count). The third kappa shape index (κ3) is 4.31. The highest BCUT2D eigenvalue weighted by molar-refractivity contribution is 7.89. The second-order valence-electron chi connectivity index (χ2n) is 6.52. The van der Waals surface area contributed by atoms with E-state index in [0.717, 1.165) is 25.3 Å². The molecule has 1 fully saturated rings. The zero-order chi connectivity index (χ0) is 19.6. The molecule has 1 N–H and O–H groups in total. The lowest BCUT2D eigenvalue weighted by Crippen LogP contribution is -2.36. The monoisotopic (exact) mass is 410 g/mol. The molecule has 2 aromatic rings. The van der Waals surface area contributed by atoms with Gasteiger partial charge in [0.2, 0.25) is 10.0 Å². The maximum absolute atomic E-state index is 13.9. The summed E-state index contributed by atoms with van der Waals surface area (Å²) in [6.07, 6.45) is 2.67. The Bertz CT molecular complexity index is 973. The summed E-state index contributed by atoms with van der Waals surface area (Å²) in [6.45, 7) is 2.65. The molecule has 0 aromatic heterocycles. The normalized spacial score (nSPS) is 15.5. The largest absolute Gasteiger partial charge is 0.319 e. The van der Waals surface area contributed by atoms with Crippen molar-refractivity contribution in [1.82, 2.24) is 4.31 Å². The third-order valence-corrected chi connectivity index (χ3v) is 6.84. The molecule has 2 aromatic carbocycles. The summed E-state index contributed by atoms with van der Waals surface area (Å²) in [5, 5.41) is 2.67. The van der Waals surface area contributed by atoms with Crippen LogP contribution in [0.4, 0.5) is 10.1 Å². The van der Waals surface area contributed by atoms with Crippen LogP contribution in [0.2, 0.25) is 5.02 Å². The first-order valence-electron chi connectivity index (χ1n) is 8.66. The topological polar surface area (TPSA) is 66.5 Å². The molecule has 1 aliphatic heterocycles. The predicted octanol–water partition coefficient (Wildman–Crippen LogP) is 4.21. The van der Waals surface area contributed by atoms with Crippen molar-refractivity contribution in [3.05, 3.63) is 58.4 Å². The predicted molar refractivity (Wildman–Crippen MR) is 103 cm³/mol. The number of benzene rings is 2. The Balaban J connectivity index is 1.89. The van der Waals surface area contributed by atoms with Gasteiger partial charge in [-0.05, 0) is 55.7 Å². The number of nitrogens with zero attached hydrogens (tertiary/aromatic N) is 1. The van der Waals surface area contributed by atoms with Crippen molar-refractivity contribution >= 4 is 33.2 Å². The Hall–Kier alpha value is -1.96. The molecule has 1 amide bonds. The van der Waals surface area contributed by atoms with E-state index in [-0.39, 0.29) is 21.2 Å². The van der Waals surface area contributed by atoms with Crippen LogP contribution in [0, 0.1) is 12.7 Å². The molecule has 0 aliphatic carbocycles. The number of hydrogen-bond acceptors (Lipinski definition) is 3. The minimum Gasteiger partial charge on any atom is -0.319 e. The first-order valence-corrected chi connectivity index (χ1v) is 10.5. The van der Waals surface area contributed by atoms with Crippen molar-refractivity contribution in [2.75, 3.05) is 18.4 Å². The zero-order valence-corrected chi connectivity index (χ0v) is 16.4. The molecule has 1 saturated heterocycles. The summed E-state index contributed by atoms with van der Waals surface area (Å²) in [5.74, 6) is -1.25. The zero-order valence-electron chi connectivity index (χ0n) is 14.8. The van der Waals surface area contributed by atoms with E-state index in [1.807, 2.05) is 0 Å². The molecule has 0 bridgehead atoms. The lowest BCUT2D eigenvalue weighted by molar-refractivity contribution is 0.102. The van der Waals surface area contributed by atoms with Crippen molar-refractivity contribution in [2.45, 2.75) is 31.1 Å². The Morgan fingerprint density at radius 2 is 1.81 bits per heavy atom.